The molecular weight excluding hydrogens is 320 g/mol. The van der Waals surface area contributed by atoms with E-state index in [0.717, 1.165) is 5.75 Å². The van der Waals surface area contributed by atoms with Crippen molar-refractivity contribution >= 4 is 0 Å². The number of hydrogen-bond acceptors (Lipinski definition) is 5. The highest BCUT2D eigenvalue weighted by molar-refractivity contribution is 5.20. The molecule has 0 radical (unpaired) electrons. The van der Waals surface area contributed by atoms with E-state index in [0.29, 0.717) is 26.4 Å². The standard InChI is InChI=1S/C20H32O5/c1-6-21-16(2)12-22-17(3)13-23-18(4)14-24-19(5)15-25-20-10-8-7-9-11-20/h6-11,16-19H,1,12-15H2,2-5H3. The van der Waals surface area contributed by atoms with Gasteiger partial charge in [-0.15, -0.1) is 0 Å². The van der Waals surface area contributed by atoms with E-state index in [1.54, 1.807) is 0 Å². The van der Waals surface area contributed by atoms with Gasteiger partial charge in [0.1, 0.15) is 18.5 Å². The van der Waals surface area contributed by atoms with Gasteiger partial charge in [-0.1, -0.05) is 24.8 Å². The van der Waals surface area contributed by atoms with Crippen molar-refractivity contribution in [2.45, 2.75) is 52.1 Å². The van der Waals surface area contributed by atoms with Gasteiger partial charge in [0.15, 0.2) is 0 Å². The van der Waals surface area contributed by atoms with Crippen LogP contribution in [0.1, 0.15) is 27.7 Å². The third kappa shape index (κ3) is 10.8. The molecule has 1 aromatic carbocycles. The second-order valence-electron chi connectivity index (χ2n) is 6.17. The highest BCUT2D eigenvalue weighted by atomic mass is 16.6. The molecule has 0 aromatic heterocycles. The van der Waals surface area contributed by atoms with E-state index < -0.39 is 0 Å². The van der Waals surface area contributed by atoms with Gasteiger partial charge in [-0.25, -0.2) is 0 Å². The molecule has 5 heteroatoms. The summed E-state index contributed by atoms with van der Waals surface area (Å²) < 4.78 is 28.1. The minimum atomic E-state index is -0.00818. The first-order valence-electron chi connectivity index (χ1n) is 8.80. The highest BCUT2D eigenvalue weighted by Gasteiger charge is 2.11. The van der Waals surface area contributed by atoms with E-state index in [-0.39, 0.29) is 24.4 Å². The van der Waals surface area contributed by atoms with Crippen LogP contribution in [-0.4, -0.2) is 50.8 Å². The average Bonchev–Trinajstić information content (AvgIpc) is 2.62. The zero-order valence-electron chi connectivity index (χ0n) is 15.9. The van der Waals surface area contributed by atoms with Gasteiger partial charge in [0.2, 0.25) is 0 Å². The summed E-state index contributed by atoms with van der Waals surface area (Å²) in [4.78, 5) is 0. The molecule has 1 rings (SSSR count). The summed E-state index contributed by atoms with van der Waals surface area (Å²) >= 11 is 0. The smallest absolute Gasteiger partial charge is 0.119 e. The lowest BCUT2D eigenvalue weighted by Crippen LogP contribution is -2.28. The van der Waals surface area contributed by atoms with Crippen LogP contribution in [0.2, 0.25) is 0 Å². The predicted octanol–water partition coefficient (Wildman–Crippen LogP) is 3.83. The monoisotopic (exact) mass is 352 g/mol. The lowest BCUT2D eigenvalue weighted by molar-refractivity contribution is -0.0822. The van der Waals surface area contributed by atoms with Crippen molar-refractivity contribution in [3.8, 4) is 5.75 Å². The van der Waals surface area contributed by atoms with Gasteiger partial charge in [0.05, 0.1) is 44.4 Å². The number of para-hydroxylation sites is 1. The van der Waals surface area contributed by atoms with Crippen LogP contribution in [0, 0.1) is 0 Å². The van der Waals surface area contributed by atoms with Crippen LogP contribution in [0.5, 0.6) is 5.75 Å². The second-order valence-corrected chi connectivity index (χ2v) is 6.17. The maximum atomic E-state index is 5.77. The number of benzene rings is 1. The van der Waals surface area contributed by atoms with Gasteiger partial charge < -0.3 is 23.7 Å². The van der Waals surface area contributed by atoms with Gasteiger partial charge in [-0.05, 0) is 39.8 Å². The molecule has 0 fully saturated rings. The molecule has 0 aliphatic rings. The molecule has 142 valence electrons. The Balaban J connectivity index is 2.09. The van der Waals surface area contributed by atoms with Crippen molar-refractivity contribution in [2.75, 3.05) is 26.4 Å². The number of hydrogen-bond donors (Lipinski definition) is 0. The zero-order chi connectivity index (χ0) is 18.5. The Morgan fingerprint density at radius 3 is 1.76 bits per heavy atom. The van der Waals surface area contributed by atoms with E-state index >= 15 is 0 Å². The maximum Gasteiger partial charge on any atom is 0.119 e. The molecule has 0 aliphatic heterocycles. The van der Waals surface area contributed by atoms with Crippen LogP contribution in [0.3, 0.4) is 0 Å². The van der Waals surface area contributed by atoms with E-state index in [2.05, 4.69) is 6.58 Å². The molecule has 0 spiro atoms. The molecule has 0 N–H and O–H groups in total. The SMILES string of the molecule is C=COC(C)COC(C)COC(C)COC(C)COc1ccccc1. The van der Waals surface area contributed by atoms with Crippen LogP contribution < -0.4 is 4.74 Å². The Kier molecular flexibility index (Phi) is 11.0. The third-order valence-electron chi connectivity index (χ3n) is 3.40. The fourth-order valence-electron chi connectivity index (χ4n) is 1.98. The lowest BCUT2D eigenvalue weighted by atomic mass is 10.3. The molecule has 4 unspecified atom stereocenters. The number of ether oxygens (including phenoxy) is 5. The van der Waals surface area contributed by atoms with Crippen LogP contribution in [-0.2, 0) is 18.9 Å². The first-order valence-corrected chi connectivity index (χ1v) is 8.80. The molecule has 0 aliphatic carbocycles. The Hall–Kier alpha value is -1.56. The lowest BCUT2D eigenvalue weighted by Gasteiger charge is -2.21. The Bertz CT molecular complexity index is 451. The molecule has 0 saturated carbocycles. The van der Waals surface area contributed by atoms with Gasteiger partial charge in [-0.2, -0.15) is 0 Å². The van der Waals surface area contributed by atoms with E-state index in [4.69, 9.17) is 23.7 Å². The highest BCUT2D eigenvalue weighted by Crippen LogP contribution is 2.09. The summed E-state index contributed by atoms with van der Waals surface area (Å²) in [5.41, 5.74) is 0. The molecule has 0 heterocycles. The Morgan fingerprint density at radius 2 is 1.24 bits per heavy atom. The zero-order valence-corrected chi connectivity index (χ0v) is 15.9. The summed E-state index contributed by atoms with van der Waals surface area (Å²) in [6.07, 6.45) is 1.41. The first-order chi connectivity index (χ1) is 12.0. The van der Waals surface area contributed by atoms with Crippen molar-refractivity contribution in [1.29, 1.82) is 0 Å². The molecule has 0 bridgehead atoms. The molecule has 0 saturated heterocycles. The maximum absolute atomic E-state index is 5.77. The first kappa shape index (κ1) is 21.5. The third-order valence-corrected chi connectivity index (χ3v) is 3.40. The van der Waals surface area contributed by atoms with Crippen molar-refractivity contribution < 1.29 is 23.7 Å². The predicted molar refractivity (Wildman–Crippen MR) is 98.9 cm³/mol. The van der Waals surface area contributed by atoms with E-state index in [1.165, 1.54) is 6.26 Å². The molecular formula is C20H32O5. The molecule has 25 heavy (non-hydrogen) atoms. The van der Waals surface area contributed by atoms with Crippen LogP contribution in [0.4, 0.5) is 0 Å². The molecule has 1 aromatic rings. The Morgan fingerprint density at radius 1 is 0.760 bits per heavy atom. The normalized spacial score (nSPS) is 15.8. The molecule has 0 amide bonds. The van der Waals surface area contributed by atoms with E-state index in [9.17, 15) is 0 Å². The van der Waals surface area contributed by atoms with E-state index in [1.807, 2.05) is 58.0 Å². The Labute approximate surface area is 151 Å². The van der Waals surface area contributed by atoms with Gasteiger partial charge >= 0.3 is 0 Å². The average molecular weight is 352 g/mol. The second kappa shape index (κ2) is 12.8. The fourth-order valence-corrected chi connectivity index (χ4v) is 1.98. The van der Waals surface area contributed by atoms with Gasteiger partial charge in [0, 0.05) is 0 Å². The largest absolute Gasteiger partial charge is 0.497 e. The van der Waals surface area contributed by atoms with Crippen LogP contribution in [0.25, 0.3) is 0 Å². The summed E-state index contributed by atoms with van der Waals surface area (Å²) in [6.45, 7) is 13.5. The quantitative estimate of drug-likeness (QED) is 0.476. The van der Waals surface area contributed by atoms with Crippen molar-refractivity contribution in [3.05, 3.63) is 43.2 Å². The van der Waals surface area contributed by atoms with Crippen LogP contribution >= 0.6 is 0 Å². The minimum Gasteiger partial charge on any atom is -0.497 e. The summed E-state index contributed by atoms with van der Waals surface area (Å²) in [5, 5.41) is 0. The molecule has 4 atom stereocenters. The van der Waals surface area contributed by atoms with Gasteiger partial charge in [0.25, 0.3) is 0 Å². The number of rotatable bonds is 14. The fraction of sp³-hybridized carbons (Fsp3) is 0.600. The summed E-state index contributed by atoms with van der Waals surface area (Å²) in [7, 11) is 0. The van der Waals surface area contributed by atoms with Gasteiger partial charge in [-0.3, -0.25) is 0 Å². The van der Waals surface area contributed by atoms with Crippen molar-refractivity contribution in [1.82, 2.24) is 0 Å². The summed E-state index contributed by atoms with van der Waals surface area (Å²) in [5.74, 6) is 0.850. The van der Waals surface area contributed by atoms with Crippen LogP contribution in [0.15, 0.2) is 43.2 Å². The van der Waals surface area contributed by atoms with Crippen molar-refractivity contribution in [2.24, 2.45) is 0 Å². The topological polar surface area (TPSA) is 46.2 Å². The summed E-state index contributed by atoms with van der Waals surface area (Å²) in [6, 6.07) is 9.72. The van der Waals surface area contributed by atoms with Crippen molar-refractivity contribution in [3.63, 3.8) is 0 Å². The molecule has 5 nitrogen and oxygen atoms in total. The minimum absolute atomic E-state index is 0.00264.